The SMILES string of the molecule is CNC(=O)C1CCCN1c1ccc(CO)c(Br)c1. The van der Waals surface area contributed by atoms with Gasteiger partial charge in [-0.3, -0.25) is 4.79 Å². The number of aliphatic hydroxyl groups excluding tert-OH is 1. The van der Waals surface area contributed by atoms with E-state index < -0.39 is 0 Å². The second kappa shape index (κ2) is 5.71. The molecule has 0 aromatic heterocycles. The largest absolute Gasteiger partial charge is 0.392 e. The van der Waals surface area contributed by atoms with Crippen molar-refractivity contribution in [2.45, 2.75) is 25.5 Å². The van der Waals surface area contributed by atoms with Crippen LogP contribution >= 0.6 is 15.9 Å². The fraction of sp³-hybridized carbons (Fsp3) is 0.462. The van der Waals surface area contributed by atoms with Crippen LogP contribution in [-0.4, -0.2) is 30.6 Å². The summed E-state index contributed by atoms with van der Waals surface area (Å²) in [5.41, 5.74) is 1.87. The van der Waals surface area contributed by atoms with Gasteiger partial charge in [-0.2, -0.15) is 0 Å². The first-order valence-corrected chi connectivity index (χ1v) is 6.84. The van der Waals surface area contributed by atoms with Crippen LogP contribution in [0.5, 0.6) is 0 Å². The van der Waals surface area contributed by atoms with Gasteiger partial charge in [-0.1, -0.05) is 22.0 Å². The summed E-state index contributed by atoms with van der Waals surface area (Å²) in [6.07, 6.45) is 1.91. The molecule has 2 rings (SSSR count). The van der Waals surface area contributed by atoms with Crippen molar-refractivity contribution in [3.63, 3.8) is 0 Å². The second-order valence-corrected chi connectivity index (χ2v) is 5.25. The highest BCUT2D eigenvalue weighted by Crippen LogP contribution is 2.29. The van der Waals surface area contributed by atoms with Crippen LogP contribution in [-0.2, 0) is 11.4 Å². The molecule has 1 fully saturated rings. The Morgan fingerprint density at radius 3 is 3.00 bits per heavy atom. The molecule has 0 bridgehead atoms. The van der Waals surface area contributed by atoms with E-state index in [-0.39, 0.29) is 18.6 Å². The molecule has 1 aliphatic rings. The van der Waals surface area contributed by atoms with Gasteiger partial charge in [0, 0.05) is 23.8 Å². The average molecular weight is 313 g/mol. The number of hydrogen-bond acceptors (Lipinski definition) is 3. The number of hydrogen-bond donors (Lipinski definition) is 2. The van der Waals surface area contributed by atoms with Gasteiger partial charge < -0.3 is 15.3 Å². The number of benzene rings is 1. The second-order valence-electron chi connectivity index (χ2n) is 4.40. The molecule has 0 aliphatic carbocycles. The lowest BCUT2D eigenvalue weighted by Gasteiger charge is -2.26. The quantitative estimate of drug-likeness (QED) is 0.892. The smallest absolute Gasteiger partial charge is 0.242 e. The van der Waals surface area contributed by atoms with Gasteiger partial charge in [0.05, 0.1) is 6.61 Å². The molecule has 5 heteroatoms. The van der Waals surface area contributed by atoms with E-state index in [0.29, 0.717) is 0 Å². The fourth-order valence-electron chi connectivity index (χ4n) is 2.36. The van der Waals surface area contributed by atoms with E-state index in [0.717, 1.165) is 35.1 Å². The standard InChI is InChI=1S/C13H17BrN2O2/c1-15-13(18)12-3-2-6-16(12)10-5-4-9(8-17)11(14)7-10/h4-5,7,12,17H,2-3,6,8H2,1H3,(H,15,18). The third-order valence-corrected chi connectivity index (χ3v) is 4.08. The number of amides is 1. The third kappa shape index (κ3) is 2.52. The van der Waals surface area contributed by atoms with E-state index in [1.54, 1.807) is 7.05 Å². The van der Waals surface area contributed by atoms with Gasteiger partial charge in [0.1, 0.15) is 6.04 Å². The molecule has 1 aromatic carbocycles. The Hall–Kier alpha value is -1.07. The molecule has 1 unspecified atom stereocenters. The predicted molar refractivity (Wildman–Crippen MR) is 74.5 cm³/mol. The molecule has 0 spiro atoms. The number of carbonyl (C=O) groups is 1. The van der Waals surface area contributed by atoms with Crippen molar-refractivity contribution >= 4 is 27.5 Å². The van der Waals surface area contributed by atoms with Gasteiger partial charge in [0.25, 0.3) is 0 Å². The van der Waals surface area contributed by atoms with Crippen molar-refractivity contribution < 1.29 is 9.90 Å². The lowest BCUT2D eigenvalue weighted by atomic mass is 10.1. The van der Waals surface area contributed by atoms with Crippen molar-refractivity contribution in [2.75, 3.05) is 18.5 Å². The summed E-state index contributed by atoms with van der Waals surface area (Å²) in [5.74, 6) is 0.0647. The monoisotopic (exact) mass is 312 g/mol. The first-order valence-electron chi connectivity index (χ1n) is 6.05. The van der Waals surface area contributed by atoms with Crippen molar-refractivity contribution in [3.05, 3.63) is 28.2 Å². The number of nitrogens with zero attached hydrogens (tertiary/aromatic N) is 1. The lowest BCUT2D eigenvalue weighted by molar-refractivity contribution is -0.121. The van der Waals surface area contributed by atoms with Crippen LogP contribution in [0, 0.1) is 0 Å². The molecule has 1 aliphatic heterocycles. The van der Waals surface area contributed by atoms with E-state index in [9.17, 15) is 4.79 Å². The lowest BCUT2D eigenvalue weighted by Crippen LogP contribution is -2.42. The Morgan fingerprint density at radius 2 is 2.39 bits per heavy atom. The maximum Gasteiger partial charge on any atom is 0.242 e. The third-order valence-electron chi connectivity index (χ3n) is 3.34. The van der Waals surface area contributed by atoms with Crippen molar-refractivity contribution in [1.82, 2.24) is 5.32 Å². The Labute approximate surface area is 115 Å². The molecule has 18 heavy (non-hydrogen) atoms. The van der Waals surface area contributed by atoms with Gasteiger partial charge in [-0.15, -0.1) is 0 Å². The molecule has 2 N–H and O–H groups in total. The van der Waals surface area contributed by atoms with Crippen molar-refractivity contribution in [2.24, 2.45) is 0 Å². The zero-order valence-electron chi connectivity index (χ0n) is 10.3. The van der Waals surface area contributed by atoms with E-state index in [2.05, 4.69) is 26.1 Å². The maximum absolute atomic E-state index is 11.8. The summed E-state index contributed by atoms with van der Waals surface area (Å²) in [6.45, 7) is 0.905. The molecule has 4 nitrogen and oxygen atoms in total. The highest BCUT2D eigenvalue weighted by atomic mass is 79.9. The van der Waals surface area contributed by atoms with E-state index in [1.807, 2.05) is 18.2 Å². The number of nitrogens with one attached hydrogen (secondary N) is 1. The van der Waals surface area contributed by atoms with Crippen LogP contribution in [0.4, 0.5) is 5.69 Å². The van der Waals surface area contributed by atoms with Crippen LogP contribution in [0.2, 0.25) is 0 Å². The summed E-state index contributed by atoms with van der Waals surface area (Å²) in [4.78, 5) is 13.9. The summed E-state index contributed by atoms with van der Waals surface area (Å²) in [6, 6.07) is 5.73. The normalized spacial score (nSPS) is 19.1. The number of carbonyl (C=O) groups excluding carboxylic acids is 1. The summed E-state index contributed by atoms with van der Waals surface area (Å²) < 4.78 is 0.880. The Morgan fingerprint density at radius 1 is 1.61 bits per heavy atom. The van der Waals surface area contributed by atoms with E-state index in [1.165, 1.54) is 0 Å². The summed E-state index contributed by atoms with van der Waals surface area (Å²) in [7, 11) is 1.67. The Kier molecular flexibility index (Phi) is 4.24. The van der Waals surface area contributed by atoms with E-state index >= 15 is 0 Å². The minimum absolute atomic E-state index is 0.0136. The molecular weight excluding hydrogens is 296 g/mol. The minimum atomic E-state index is -0.0816. The molecule has 1 aromatic rings. The zero-order chi connectivity index (χ0) is 13.1. The highest BCUT2D eigenvalue weighted by molar-refractivity contribution is 9.10. The molecule has 0 radical (unpaired) electrons. The topological polar surface area (TPSA) is 52.6 Å². The number of rotatable bonds is 3. The first kappa shape index (κ1) is 13.4. The van der Waals surface area contributed by atoms with Gasteiger partial charge in [0.2, 0.25) is 5.91 Å². The van der Waals surface area contributed by atoms with Crippen LogP contribution in [0.1, 0.15) is 18.4 Å². The minimum Gasteiger partial charge on any atom is -0.392 e. The molecule has 1 amide bonds. The summed E-state index contributed by atoms with van der Waals surface area (Å²) >= 11 is 3.44. The number of likely N-dealkylation sites (N-methyl/N-ethyl adjacent to an activating group) is 1. The van der Waals surface area contributed by atoms with Crippen LogP contribution in [0.25, 0.3) is 0 Å². The predicted octanol–water partition coefficient (Wildman–Crippen LogP) is 1.66. The Balaban J connectivity index is 2.25. The van der Waals surface area contributed by atoms with Gasteiger partial charge >= 0.3 is 0 Å². The Bertz CT molecular complexity index is 451. The zero-order valence-corrected chi connectivity index (χ0v) is 11.9. The molecule has 98 valence electrons. The number of halogens is 1. The molecule has 1 atom stereocenters. The van der Waals surface area contributed by atoms with Gasteiger partial charge in [-0.25, -0.2) is 0 Å². The van der Waals surface area contributed by atoms with Crippen molar-refractivity contribution in [3.8, 4) is 0 Å². The highest BCUT2D eigenvalue weighted by Gasteiger charge is 2.30. The van der Waals surface area contributed by atoms with Crippen LogP contribution in [0.15, 0.2) is 22.7 Å². The van der Waals surface area contributed by atoms with Crippen LogP contribution < -0.4 is 10.2 Å². The van der Waals surface area contributed by atoms with Gasteiger partial charge in [0.15, 0.2) is 0 Å². The number of anilines is 1. The average Bonchev–Trinajstić information content (AvgIpc) is 2.86. The number of aliphatic hydroxyl groups is 1. The maximum atomic E-state index is 11.8. The van der Waals surface area contributed by atoms with Gasteiger partial charge in [-0.05, 0) is 30.5 Å². The molecular formula is C13H17BrN2O2. The fourth-order valence-corrected chi connectivity index (χ4v) is 2.85. The molecule has 1 heterocycles. The van der Waals surface area contributed by atoms with Crippen molar-refractivity contribution in [1.29, 1.82) is 0 Å². The molecule has 0 saturated carbocycles. The summed E-state index contributed by atoms with van der Waals surface area (Å²) in [5, 5.41) is 11.9. The molecule has 1 saturated heterocycles. The van der Waals surface area contributed by atoms with Crippen LogP contribution in [0.3, 0.4) is 0 Å². The van der Waals surface area contributed by atoms with E-state index in [4.69, 9.17) is 5.11 Å². The first-order chi connectivity index (χ1) is 8.67.